The Balaban J connectivity index is 2.08. The van der Waals surface area contributed by atoms with Gasteiger partial charge >= 0.3 is 0 Å². The van der Waals surface area contributed by atoms with Crippen LogP contribution < -0.4 is 9.47 Å². The first kappa shape index (κ1) is 27.0. The lowest BCUT2D eigenvalue weighted by Gasteiger charge is -2.14. The van der Waals surface area contributed by atoms with Crippen LogP contribution in [0.3, 0.4) is 0 Å². The highest BCUT2D eigenvalue weighted by Gasteiger charge is 2.09. The van der Waals surface area contributed by atoms with Crippen molar-refractivity contribution in [2.45, 2.75) is 60.3 Å². The van der Waals surface area contributed by atoms with Crippen molar-refractivity contribution < 1.29 is 14.2 Å². The van der Waals surface area contributed by atoms with Crippen molar-refractivity contribution in [2.75, 3.05) is 13.2 Å². The molecule has 2 aromatic rings. The number of nitrogens with zero attached hydrogens (tertiary/aromatic N) is 1. The van der Waals surface area contributed by atoms with Gasteiger partial charge < -0.3 is 14.2 Å². The van der Waals surface area contributed by atoms with Gasteiger partial charge in [0.1, 0.15) is 35.3 Å². The summed E-state index contributed by atoms with van der Waals surface area (Å²) in [5.74, 6) is 3.03. The third-order valence-corrected chi connectivity index (χ3v) is 5.15. The number of aromatic nitrogens is 1. The van der Waals surface area contributed by atoms with E-state index in [0.29, 0.717) is 19.0 Å². The predicted molar refractivity (Wildman–Crippen MR) is 142 cm³/mol. The number of allylic oxidation sites excluding steroid dienone is 4. The van der Waals surface area contributed by atoms with E-state index in [1.807, 2.05) is 36.4 Å². The molecule has 0 saturated carbocycles. The minimum absolute atomic E-state index is 0.500. The van der Waals surface area contributed by atoms with Gasteiger partial charge in [-0.05, 0) is 86.7 Å². The molecule has 1 heterocycles. The number of ether oxygens (including phenoxy) is 3. The van der Waals surface area contributed by atoms with Crippen LogP contribution in [0, 0.1) is 0 Å². The maximum absolute atomic E-state index is 6.07. The molecule has 0 saturated heterocycles. The van der Waals surface area contributed by atoms with Crippen molar-refractivity contribution in [1.82, 2.24) is 4.98 Å². The SMILES string of the molecule is C=C(Oc1ccc(OC/C(C)=C/C=C(\C=C(C)CC)OCCC)cc1CCC)c1ccccn1. The number of hydrogen-bond acceptors (Lipinski definition) is 4. The molecule has 182 valence electrons. The van der Waals surface area contributed by atoms with E-state index in [1.165, 1.54) is 5.57 Å². The Morgan fingerprint density at radius 1 is 1.00 bits per heavy atom. The van der Waals surface area contributed by atoms with Crippen molar-refractivity contribution in [3.8, 4) is 11.5 Å². The van der Waals surface area contributed by atoms with Gasteiger partial charge in [0.25, 0.3) is 0 Å². The number of pyridine rings is 1. The zero-order chi connectivity index (χ0) is 24.8. The second-order valence-electron chi connectivity index (χ2n) is 8.32. The van der Waals surface area contributed by atoms with Gasteiger partial charge in [-0.2, -0.15) is 0 Å². The Labute approximate surface area is 205 Å². The largest absolute Gasteiger partial charge is 0.494 e. The van der Waals surface area contributed by atoms with Gasteiger partial charge in [-0.25, -0.2) is 0 Å². The van der Waals surface area contributed by atoms with Crippen LogP contribution in [0.5, 0.6) is 11.5 Å². The molecule has 0 aliphatic carbocycles. The molecule has 34 heavy (non-hydrogen) atoms. The van der Waals surface area contributed by atoms with Gasteiger partial charge in [-0.15, -0.1) is 0 Å². The molecule has 0 radical (unpaired) electrons. The number of hydrogen-bond donors (Lipinski definition) is 0. The fraction of sp³-hybridized carbons (Fsp3) is 0.367. The van der Waals surface area contributed by atoms with E-state index in [1.54, 1.807) is 6.20 Å². The Bertz CT molecular complexity index is 1000. The van der Waals surface area contributed by atoms with Crippen LogP contribution >= 0.6 is 0 Å². The van der Waals surface area contributed by atoms with Crippen LogP contribution in [0.15, 0.2) is 84.3 Å². The van der Waals surface area contributed by atoms with Crippen molar-refractivity contribution in [3.63, 3.8) is 0 Å². The first-order valence-corrected chi connectivity index (χ1v) is 12.2. The molecule has 0 amide bonds. The summed E-state index contributed by atoms with van der Waals surface area (Å²) in [6.07, 6.45) is 11.8. The van der Waals surface area contributed by atoms with Crippen LogP contribution in [0.1, 0.15) is 65.1 Å². The fourth-order valence-electron chi connectivity index (χ4n) is 3.09. The molecular formula is C30H39NO3. The third-order valence-electron chi connectivity index (χ3n) is 5.15. The minimum atomic E-state index is 0.500. The summed E-state index contributed by atoms with van der Waals surface area (Å²) in [6.45, 7) is 15.8. The van der Waals surface area contributed by atoms with Gasteiger partial charge in [0.15, 0.2) is 0 Å². The lowest BCUT2D eigenvalue weighted by molar-refractivity contribution is 0.224. The smallest absolute Gasteiger partial charge is 0.145 e. The van der Waals surface area contributed by atoms with Crippen LogP contribution in [0.4, 0.5) is 0 Å². The zero-order valence-corrected chi connectivity index (χ0v) is 21.4. The van der Waals surface area contributed by atoms with Crippen molar-refractivity contribution >= 4 is 5.76 Å². The second kappa shape index (κ2) is 14.8. The van der Waals surface area contributed by atoms with E-state index >= 15 is 0 Å². The summed E-state index contributed by atoms with van der Waals surface area (Å²) < 4.78 is 18.0. The van der Waals surface area contributed by atoms with Gasteiger partial charge in [0.2, 0.25) is 0 Å². The molecule has 1 aromatic heterocycles. The molecule has 0 bridgehead atoms. The lowest BCUT2D eigenvalue weighted by Crippen LogP contribution is -2.02. The summed E-state index contributed by atoms with van der Waals surface area (Å²) in [5, 5.41) is 0. The standard InChI is InChI=1S/C30H39NO3/c1-7-12-26-21-28(16-17-30(26)34-25(6)29-13-10-11-18-31-29)33-22-24(5)14-15-27(32-19-8-2)20-23(4)9-3/h10-11,13-18,20-21H,6-9,12,19,22H2,1-5H3/b23-20?,24-14+,27-15+. The topological polar surface area (TPSA) is 40.6 Å². The molecule has 4 heteroatoms. The Morgan fingerprint density at radius 2 is 1.82 bits per heavy atom. The highest BCUT2D eigenvalue weighted by molar-refractivity contribution is 5.57. The minimum Gasteiger partial charge on any atom is -0.494 e. The van der Waals surface area contributed by atoms with E-state index in [2.05, 4.69) is 64.4 Å². The number of rotatable bonds is 14. The molecule has 0 atom stereocenters. The molecule has 0 aliphatic rings. The van der Waals surface area contributed by atoms with Gasteiger partial charge in [0.05, 0.1) is 6.61 Å². The molecule has 4 nitrogen and oxygen atoms in total. The molecule has 0 spiro atoms. The summed E-state index contributed by atoms with van der Waals surface area (Å²) in [6, 6.07) is 11.6. The first-order valence-electron chi connectivity index (χ1n) is 12.2. The monoisotopic (exact) mass is 461 g/mol. The average molecular weight is 462 g/mol. The van der Waals surface area contributed by atoms with Crippen molar-refractivity contribution in [3.05, 3.63) is 95.6 Å². The molecule has 0 aliphatic heterocycles. The summed E-state index contributed by atoms with van der Waals surface area (Å²) in [5.41, 5.74) is 4.22. The normalized spacial score (nSPS) is 12.4. The quantitative estimate of drug-likeness (QED) is 0.211. The molecule has 0 N–H and O–H groups in total. The van der Waals surface area contributed by atoms with E-state index in [9.17, 15) is 0 Å². The van der Waals surface area contributed by atoms with E-state index in [4.69, 9.17) is 14.2 Å². The van der Waals surface area contributed by atoms with Gasteiger partial charge in [0, 0.05) is 6.20 Å². The van der Waals surface area contributed by atoms with Crippen LogP contribution in [0.25, 0.3) is 5.76 Å². The van der Waals surface area contributed by atoms with Crippen molar-refractivity contribution in [2.24, 2.45) is 0 Å². The lowest BCUT2D eigenvalue weighted by atomic mass is 10.1. The molecule has 2 rings (SSSR count). The maximum atomic E-state index is 6.07. The summed E-state index contributed by atoms with van der Waals surface area (Å²) in [7, 11) is 0. The molecule has 0 unspecified atom stereocenters. The van der Waals surface area contributed by atoms with E-state index < -0.39 is 0 Å². The zero-order valence-electron chi connectivity index (χ0n) is 21.4. The molecular weight excluding hydrogens is 422 g/mol. The maximum Gasteiger partial charge on any atom is 0.145 e. The van der Waals surface area contributed by atoms with Crippen molar-refractivity contribution in [1.29, 1.82) is 0 Å². The molecule has 0 fully saturated rings. The van der Waals surface area contributed by atoms with Gasteiger partial charge in [-0.1, -0.05) is 51.5 Å². The van der Waals surface area contributed by atoms with E-state index in [-0.39, 0.29) is 0 Å². The van der Waals surface area contributed by atoms with Crippen LogP contribution in [-0.4, -0.2) is 18.2 Å². The number of aryl methyl sites for hydroxylation is 1. The Morgan fingerprint density at radius 3 is 2.50 bits per heavy atom. The molecule has 1 aromatic carbocycles. The summed E-state index contributed by atoms with van der Waals surface area (Å²) in [4.78, 5) is 4.31. The summed E-state index contributed by atoms with van der Waals surface area (Å²) >= 11 is 0. The average Bonchev–Trinajstić information content (AvgIpc) is 2.86. The fourth-order valence-corrected chi connectivity index (χ4v) is 3.09. The van der Waals surface area contributed by atoms with Crippen LogP contribution in [-0.2, 0) is 11.2 Å². The van der Waals surface area contributed by atoms with Crippen LogP contribution in [0.2, 0.25) is 0 Å². The third kappa shape index (κ3) is 9.30. The highest BCUT2D eigenvalue weighted by Crippen LogP contribution is 2.29. The van der Waals surface area contributed by atoms with Gasteiger partial charge in [-0.3, -0.25) is 4.98 Å². The predicted octanol–water partition coefficient (Wildman–Crippen LogP) is 8.08. The van der Waals surface area contributed by atoms with E-state index in [0.717, 1.165) is 59.8 Å². The second-order valence-corrected chi connectivity index (χ2v) is 8.32. The highest BCUT2D eigenvalue weighted by atomic mass is 16.5. The Kier molecular flexibility index (Phi) is 11.7. The first-order chi connectivity index (χ1) is 16.5. The Hall–Kier alpha value is -3.27. The number of benzene rings is 1.